The molecular formula is C19H14ClFN4O3S. The molecule has 0 saturated heterocycles. The van der Waals surface area contributed by atoms with E-state index in [4.69, 9.17) is 16.3 Å². The van der Waals surface area contributed by atoms with E-state index in [1.807, 2.05) is 0 Å². The number of rotatable bonds is 4. The summed E-state index contributed by atoms with van der Waals surface area (Å²) in [6.07, 6.45) is 2.50. The first kappa shape index (κ1) is 19.2. The third kappa shape index (κ3) is 4.01. The van der Waals surface area contributed by atoms with Crippen LogP contribution in [0.15, 0.2) is 70.8 Å². The van der Waals surface area contributed by atoms with Gasteiger partial charge in [0.05, 0.1) is 17.8 Å². The summed E-state index contributed by atoms with van der Waals surface area (Å²) in [6, 6.07) is 12.9. The minimum atomic E-state index is -3.89. The second-order valence-electron chi connectivity index (χ2n) is 6.02. The summed E-state index contributed by atoms with van der Waals surface area (Å²) in [5.41, 5.74) is 0.486. The van der Waals surface area contributed by atoms with Gasteiger partial charge in [0.1, 0.15) is 22.1 Å². The van der Waals surface area contributed by atoms with Gasteiger partial charge in [0.25, 0.3) is 10.0 Å². The molecule has 1 aliphatic rings. The van der Waals surface area contributed by atoms with Crippen LogP contribution in [0.1, 0.15) is 5.56 Å². The van der Waals surface area contributed by atoms with Crippen LogP contribution in [0.25, 0.3) is 0 Å². The second-order valence-corrected chi connectivity index (χ2v) is 8.08. The van der Waals surface area contributed by atoms with Gasteiger partial charge in [-0.25, -0.2) is 22.5 Å². The van der Waals surface area contributed by atoms with E-state index in [1.165, 1.54) is 18.3 Å². The van der Waals surface area contributed by atoms with E-state index in [1.54, 1.807) is 36.4 Å². The number of hydrogen-bond donors (Lipinski definition) is 2. The van der Waals surface area contributed by atoms with Crippen molar-refractivity contribution < 1.29 is 17.5 Å². The van der Waals surface area contributed by atoms with Gasteiger partial charge in [-0.3, -0.25) is 4.98 Å². The molecule has 4 rings (SSSR count). The van der Waals surface area contributed by atoms with E-state index < -0.39 is 15.8 Å². The number of ether oxygens (including phenoxy) is 1. The van der Waals surface area contributed by atoms with E-state index >= 15 is 0 Å². The van der Waals surface area contributed by atoms with Gasteiger partial charge in [-0.05, 0) is 30.3 Å². The van der Waals surface area contributed by atoms with E-state index in [0.717, 1.165) is 6.20 Å². The lowest BCUT2D eigenvalue weighted by Crippen LogP contribution is -2.40. The Hall–Kier alpha value is -3.17. The van der Waals surface area contributed by atoms with Crippen molar-refractivity contribution in [3.63, 3.8) is 0 Å². The average molecular weight is 433 g/mol. The first-order valence-corrected chi connectivity index (χ1v) is 10.3. The van der Waals surface area contributed by atoms with Crippen molar-refractivity contribution in [3.05, 3.63) is 77.3 Å². The molecule has 1 aromatic heterocycles. The maximum atomic E-state index is 13.8. The molecule has 0 atom stereocenters. The van der Waals surface area contributed by atoms with Crippen LogP contribution in [0.4, 0.5) is 10.1 Å². The Morgan fingerprint density at radius 1 is 1.10 bits per heavy atom. The molecule has 0 unspecified atom stereocenters. The largest absolute Gasteiger partial charge is 0.454 e. The van der Waals surface area contributed by atoms with Gasteiger partial charge in [-0.2, -0.15) is 0 Å². The van der Waals surface area contributed by atoms with Gasteiger partial charge in [0.2, 0.25) is 5.96 Å². The molecule has 0 spiro atoms. The molecule has 148 valence electrons. The lowest BCUT2D eigenvalue weighted by molar-refractivity contribution is 0.483. The molecule has 10 heteroatoms. The van der Waals surface area contributed by atoms with Gasteiger partial charge >= 0.3 is 0 Å². The van der Waals surface area contributed by atoms with Crippen LogP contribution in [0.5, 0.6) is 11.5 Å². The fourth-order valence-electron chi connectivity index (χ4n) is 2.68. The fourth-order valence-corrected chi connectivity index (χ4v) is 4.02. The second kappa shape index (κ2) is 7.69. The number of anilines is 1. The Labute approximate surface area is 171 Å². The predicted octanol–water partition coefficient (Wildman–Crippen LogP) is 3.93. The highest BCUT2D eigenvalue weighted by molar-refractivity contribution is 7.90. The molecule has 3 aromatic rings. The van der Waals surface area contributed by atoms with Gasteiger partial charge < -0.3 is 10.1 Å². The summed E-state index contributed by atoms with van der Waals surface area (Å²) >= 11 is 6.13. The van der Waals surface area contributed by atoms with Crippen LogP contribution in [-0.4, -0.2) is 19.4 Å². The minimum absolute atomic E-state index is 0.00362. The zero-order valence-electron chi connectivity index (χ0n) is 14.8. The zero-order chi connectivity index (χ0) is 20.4. The van der Waals surface area contributed by atoms with Crippen molar-refractivity contribution in [2.75, 3.05) is 5.32 Å². The highest BCUT2D eigenvalue weighted by atomic mass is 35.5. The molecule has 2 N–H and O–H groups in total. The SMILES string of the molecule is O=S1(=O)NC(=NCc2ccncc2F)Nc2c(Oc3ccccc3Cl)cccc21. The molecule has 0 radical (unpaired) electrons. The molecule has 2 heterocycles. The first-order chi connectivity index (χ1) is 13.9. The van der Waals surface area contributed by atoms with Gasteiger partial charge in [-0.1, -0.05) is 29.8 Å². The minimum Gasteiger partial charge on any atom is -0.454 e. The number of aromatic nitrogens is 1. The topological polar surface area (TPSA) is 92.7 Å². The highest BCUT2D eigenvalue weighted by Gasteiger charge is 2.29. The van der Waals surface area contributed by atoms with Crippen molar-refractivity contribution in [1.29, 1.82) is 0 Å². The summed E-state index contributed by atoms with van der Waals surface area (Å²) in [5.74, 6) is 0.0451. The van der Waals surface area contributed by atoms with E-state index in [9.17, 15) is 12.8 Å². The number of hydrogen-bond acceptors (Lipinski definition) is 5. The number of nitrogens with zero attached hydrogens (tertiary/aromatic N) is 2. The van der Waals surface area contributed by atoms with Crippen molar-refractivity contribution in [1.82, 2.24) is 9.71 Å². The number of nitrogens with one attached hydrogen (secondary N) is 2. The Bertz CT molecular complexity index is 1220. The zero-order valence-corrected chi connectivity index (χ0v) is 16.3. The summed E-state index contributed by atoms with van der Waals surface area (Å²) in [5, 5.41) is 3.28. The van der Waals surface area contributed by atoms with Gasteiger partial charge in [-0.15, -0.1) is 0 Å². The normalized spacial score (nSPS) is 15.9. The van der Waals surface area contributed by atoms with Crippen molar-refractivity contribution >= 4 is 33.3 Å². The number of guanidine groups is 1. The summed E-state index contributed by atoms with van der Waals surface area (Å²) < 4.78 is 47.2. The smallest absolute Gasteiger partial charge is 0.266 e. The third-order valence-corrected chi connectivity index (χ3v) is 5.77. The molecule has 2 aromatic carbocycles. The molecular weight excluding hydrogens is 419 g/mol. The summed E-state index contributed by atoms with van der Waals surface area (Å²) in [4.78, 5) is 7.81. The standard InChI is InChI=1S/C19H14ClFN4O3S/c20-13-4-1-2-5-15(13)28-16-6-3-7-17-18(16)24-19(25-29(17,26)27)23-10-12-8-9-22-11-14(12)21/h1-9,11H,10H2,(H2,23,24,25). The highest BCUT2D eigenvalue weighted by Crippen LogP contribution is 2.38. The van der Waals surface area contributed by atoms with Crippen LogP contribution < -0.4 is 14.8 Å². The van der Waals surface area contributed by atoms with E-state index in [0.29, 0.717) is 10.8 Å². The van der Waals surface area contributed by atoms with Crippen LogP contribution in [0, 0.1) is 5.82 Å². The molecule has 0 aliphatic carbocycles. The summed E-state index contributed by atoms with van der Waals surface area (Å²) in [6.45, 7) is -0.0813. The average Bonchev–Trinajstić information content (AvgIpc) is 2.69. The van der Waals surface area contributed by atoms with Crippen LogP contribution >= 0.6 is 11.6 Å². The summed E-state index contributed by atoms with van der Waals surface area (Å²) in [7, 11) is -3.89. The molecule has 29 heavy (non-hydrogen) atoms. The predicted molar refractivity (Wildman–Crippen MR) is 107 cm³/mol. The molecule has 7 nitrogen and oxygen atoms in total. The molecule has 0 bridgehead atoms. The molecule has 1 aliphatic heterocycles. The quantitative estimate of drug-likeness (QED) is 0.651. The third-order valence-electron chi connectivity index (χ3n) is 4.07. The number of halogens is 2. The number of para-hydroxylation sites is 2. The Morgan fingerprint density at radius 3 is 2.69 bits per heavy atom. The van der Waals surface area contributed by atoms with Crippen molar-refractivity contribution in [3.8, 4) is 11.5 Å². The van der Waals surface area contributed by atoms with Gasteiger partial charge in [0, 0.05) is 11.8 Å². The van der Waals surface area contributed by atoms with Gasteiger partial charge in [0.15, 0.2) is 5.75 Å². The van der Waals surface area contributed by atoms with E-state index in [2.05, 4.69) is 20.0 Å². The number of pyridine rings is 1. The number of sulfonamides is 1. The Morgan fingerprint density at radius 2 is 1.90 bits per heavy atom. The molecule has 0 fully saturated rings. The van der Waals surface area contributed by atoms with E-state index in [-0.39, 0.29) is 34.4 Å². The van der Waals surface area contributed by atoms with Crippen LogP contribution in [-0.2, 0) is 16.6 Å². The molecule has 0 amide bonds. The van der Waals surface area contributed by atoms with Crippen LogP contribution in [0.3, 0.4) is 0 Å². The van der Waals surface area contributed by atoms with Crippen molar-refractivity contribution in [2.45, 2.75) is 11.4 Å². The van der Waals surface area contributed by atoms with Crippen LogP contribution in [0.2, 0.25) is 5.02 Å². The lowest BCUT2D eigenvalue weighted by Gasteiger charge is -2.23. The maximum Gasteiger partial charge on any atom is 0.266 e. The lowest BCUT2D eigenvalue weighted by atomic mass is 10.2. The molecule has 0 saturated carbocycles. The Kier molecular flexibility index (Phi) is 5.08. The first-order valence-electron chi connectivity index (χ1n) is 8.42. The number of fused-ring (bicyclic) bond motifs is 1. The fraction of sp³-hybridized carbons (Fsp3) is 0.0526. The van der Waals surface area contributed by atoms with Crippen molar-refractivity contribution in [2.24, 2.45) is 4.99 Å². The Balaban J connectivity index is 1.69. The number of benzene rings is 2. The number of aliphatic imine (C=N–C) groups is 1. The maximum absolute atomic E-state index is 13.8. The monoisotopic (exact) mass is 432 g/mol.